The molecule has 0 radical (unpaired) electrons. The number of carbonyl (C=O) groups is 2. The van der Waals surface area contributed by atoms with E-state index in [1.807, 2.05) is 0 Å². The van der Waals surface area contributed by atoms with E-state index in [9.17, 15) is 14.0 Å². The Bertz CT molecular complexity index is 849. The summed E-state index contributed by atoms with van der Waals surface area (Å²) in [7, 11) is 0. The quantitative estimate of drug-likeness (QED) is 0.593. The normalized spacial score (nSPS) is 12.6. The molecule has 0 aliphatic rings. The molecule has 2 aromatic heterocycles. The molecule has 2 aromatic rings. The Labute approximate surface area is 167 Å². The average Bonchev–Trinajstić information content (AvgIpc) is 2.94. The van der Waals surface area contributed by atoms with Crippen LogP contribution in [-0.2, 0) is 9.53 Å². The lowest BCUT2D eigenvalue weighted by molar-refractivity contribution is -0.121. The molecule has 0 aliphatic heterocycles. The third-order valence-corrected chi connectivity index (χ3v) is 5.18. The van der Waals surface area contributed by atoms with E-state index in [0.29, 0.717) is 15.7 Å². The van der Waals surface area contributed by atoms with Gasteiger partial charge in [-0.3, -0.25) is 4.79 Å². The molecule has 2 amide bonds. The monoisotopic (exact) mass is 411 g/mol. The summed E-state index contributed by atoms with van der Waals surface area (Å²) >= 11 is 5.18. The molecule has 1 unspecified atom stereocenters. The molecule has 0 saturated carbocycles. The zero-order valence-corrected chi connectivity index (χ0v) is 17.5. The number of anilines is 1. The number of halogens is 1. The Morgan fingerprint density at radius 3 is 2.63 bits per heavy atom. The molecule has 2 heterocycles. The Balaban J connectivity index is 2.51. The van der Waals surface area contributed by atoms with E-state index in [2.05, 4.69) is 22.6 Å². The molecule has 2 rings (SSSR count). The van der Waals surface area contributed by atoms with Crippen molar-refractivity contribution in [3.8, 4) is 10.6 Å². The van der Waals surface area contributed by atoms with Crippen molar-refractivity contribution < 1.29 is 18.7 Å². The van der Waals surface area contributed by atoms with Crippen molar-refractivity contribution in [2.24, 2.45) is 5.92 Å². The van der Waals surface area contributed by atoms with Crippen LogP contribution in [0.3, 0.4) is 0 Å². The summed E-state index contributed by atoms with van der Waals surface area (Å²) in [5, 5.41) is 0.620. The first-order valence-electron chi connectivity index (χ1n) is 8.31. The highest BCUT2D eigenvalue weighted by Gasteiger charge is 2.34. The minimum absolute atomic E-state index is 0.204. The Hall–Kier alpha value is -2.00. The maximum atomic E-state index is 14.0. The number of thiol groups is 1. The number of rotatable bonds is 4. The van der Waals surface area contributed by atoms with Gasteiger partial charge in [-0.25, -0.2) is 19.7 Å². The molecule has 9 heteroatoms. The first-order valence-corrected chi connectivity index (χ1v) is 9.76. The molecule has 146 valence electrons. The number of aromatic nitrogens is 2. The molecule has 0 saturated heterocycles. The van der Waals surface area contributed by atoms with E-state index in [0.717, 1.165) is 16.2 Å². The summed E-state index contributed by atoms with van der Waals surface area (Å²) in [6.07, 6.45) is 0.538. The predicted octanol–water partition coefficient (Wildman–Crippen LogP) is 4.49. The van der Waals surface area contributed by atoms with E-state index in [-0.39, 0.29) is 11.3 Å². The van der Waals surface area contributed by atoms with Gasteiger partial charge in [0.2, 0.25) is 11.9 Å². The molecule has 0 bridgehead atoms. The standard InChI is InChI=1S/C18H22FN3O3S2/c1-10(9-26)15(23)22(17(24)25-18(3,4)5)16-11(2)21-14(27-16)12-7-6-8-20-13(12)19/h6-8,10,26H,9H2,1-5H3. The maximum absolute atomic E-state index is 14.0. The summed E-state index contributed by atoms with van der Waals surface area (Å²) in [5.74, 6) is -1.37. The van der Waals surface area contributed by atoms with Crippen molar-refractivity contribution in [2.75, 3.05) is 10.7 Å². The Kier molecular flexibility index (Phi) is 6.59. The number of thiazole rings is 1. The van der Waals surface area contributed by atoms with E-state index in [4.69, 9.17) is 4.74 Å². The minimum Gasteiger partial charge on any atom is -0.443 e. The molecule has 1 atom stereocenters. The molecule has 0 spiro atoms. The topological polar surface area (TPSA) is 72.4 Å². The first kappa shape index (κ1) is 21.3. The Morgan fingerprint density at radius 1 is 1.41 bits per heavy atom. The van der Waals surface area contributed by atoms with E-state index >= 15 is 0 Å². The number of pyridine rings is 1. The Morgan fingerprint density at radius 2 is 2.07 bits per heavy atom. The van der Waals surface area contributed by atoms with Gasteiger partial charge in [-0.1, -0.05) is 18.3 Å². The van der Waals surface area contributed by atoms with Gasteiger partial charge in [0.1, 0.15) is 15.6 Å². The van der Waals surface area contributed by atoms with Crippen molar-refractivity contribution in [3.05, 3.63) is 30.0 Å². The van der Waals surface area contributed by atoms with Crippen LogP contribution in [0.2, 0.25) is 0 Å². The summed E-state index contributed by atoms with van der Waals surface area (Å²) in [5.41, 5.74) is -0.157. The summed E-state index contributed by atoms with van der Waals surface area (Å²) in [4.78, 5) is 34.5. The third kappa shape index (κ3) is 5.04. The second kappa shape index (κ2) is 8.35. The average molecular weight is 412 g/mol. The van der Waals surface area contributed by atoms with E-state index < -0.39 is 29.5 Å². The third-order valence-electron chi connectivity index (χ3n) is 3.46. The largest absolute Gasteiger partial charge is 0.443 e. The number of nitrogens with zero attached hydrogens (tertiary/aromatic N) is 3. The van der Waals surface area contributed by atoms with Crippen LogP contribution in [0.25, 0.3) is 10.6 Å². The molecule has 6 nitrogen and oxygen atoms in total. The van der Waals surface area contributed by atoms with Crippen molar-refractivity contribution in [2.45, 2.75) is 40.2 Å². The lowest BCUT2D eigenvalue weighted by Crippen LogP contribution is -2.43. The number of imide groups is 1. The van der Waals surface area contributed by atoms with Crippen LogP contribution in [-0.4, -0.2) is 33.3 Å². The van der Waals surface area contributed by atoms with E-state index in [1.165, 1.54) is 6.20 Å². The van der Waals surface area contributed by atoms with Crippen LogP contribution >= 0.6 is 24.0 Å². The van der Waals surface area contributed by atoms with Crippen LogP contribution in [0, 0.1) is 18.8 Å². The molecule has 0 aliphatic carbocycles. The highest BCUT2D eigenvalue weighted by atomic mass is 32.1. The van der Waals surface area contributed by atoms with Gasteiger partial charge in [0.15, 0.2) is 0 Å². The van der Waals surface area contributed by atoms with Crippen LogP contribution in [0.5, 0.6) is 0 Å². The predicted molar refractivity (Wildman–Crippen MR) is 107 cm³/mol. The van der Waals surface area contributed by atoms with Gasteiger partial charge in [0.25, 0.3) is 0 Å². The zero-order valence-electron chi connectivity index (χ0n) is 15.8. The fourth-order valence-electron chi connectivity index (χ4n) is 2.14. The maximum Gasteiger partial charge on any atom is 0.422 e. The van der Waals surface area contributed by atoms with E-state index in [1.54, 1.807) is 46.8 Å². The number of hydrogen-bond acceptors (Lipinski definition) is 7. The van der Waals surface area contributed by atoms with Crippen molar-refractivity contribution >= 4 is 41.0 Å². The second-order valence-electron chi connectivity index (χ2n) is 6.99. The lowest BCUT2D eigenvalue weighted by atomic mass is 10.2. The highest BCUT2D eigenvalue weighted by Crippen LogP contribution is 2.36. The van der Waals surface area contributed by atoms with Crippen molar-refractivity contribution in [1.82, 2.24) is 9.97 Å². The van der Waals surface area contributed by atoms with Gasteiger partial charge in [0.05, 0.1) is 11.3 Å². The fourth-order valence-corrected chi connectivity index (χ4v) is 3.37. The lowest BCUT2D eigenvalue weighted by Gasteiger charge is -2.27. The minimum atomic E-state index is -0.800. The van der Waals surface area contributed by atoms with Crippen molar-refractivity contribution in [1.29, 1.82) is 0 Å². The number of ether oxygens (including phenoxy) is 1. The smallest absolute Gasteiger partial charge is 0.422 e. The molecule has 0 aromatic carbocycles. The van der Waals surface area contributed by atoms with Gasteiger partial charge >= 0.3 is 6.09 Å². The van der Waals surface area contributed by atoms with Gasteiger partial charge < -0.3 is 4.74 Å². The molecule has 0 fully saturated rings. The highest BCUT2D eigenvalue weighted by molar-refractivity contribution is 7.80. The van der Waals surface area contributed by atoms with Crippen LogP contribution in [0.1, 0.15) is 33.4 Å². The van der Waals surface area contributed by atoms with Gasteiger partial charge in [-0.15, -0.1) is 0 Å². The summed E-state index contributed by atoms with van der Waals surface area (Å²) in [6.45, 7) is 8.47. The summed E-state index contributed by atoms with van der Waals surface area (Å²) < 4.78 is 19.4. The molecule has 0 N–H and O–H groups in total. The molecular formula is C18H22FN3O3S2. The fraction of sp³-hybridized carbons (Fsp3) is 0.444. The van der Waals surface area contributed by atoms with Gasteiger partial charge in [-0.05, 0) is 39.8 Å². The van der Waals surface area contributed by atoms with Gasteiger partial charge in [-0.2, -0.15) is 17.0 Å². The van der Waals surface area contributed by atoms with Crippen molar-refractivity contribution in [3.63, 3.8) is 0 Å². The number of aryl methyl sites for hydroxylation is 1. The SMILES string of the molecule is Cc1nc(-c2cccnc2F)sc1N(C(=O)OC(C)(C)C)C(=O)C(C)CS. The van der Waals surface area contributed by atoms with Crippen LogP contribution in [0.15, 0.2) is 18.3 Å². The van der Waals surface area contributed by atoms with Crippen LogP contribution in [0.4, 0.5) is 14.2 Å². The summed E-state index contributed by atoms with van der Waals surface area (Å²) in [6, 6.07) is 3.13. The second-order valence-corrected chi connectivity index (χ2v) is 8.33. The molecule has 27 heavy (non-hydrogen) atoms. The number of carbonyl (C=O) groups excluding carboxylic acids is 2. The number of amides is 2. The zero-order chi connectivity index (χ0) is 20.4. The first-order chi connectivity index (χ1) is 12.5. The number of hydrogen-bond donors (Lipinski definition) is 1. The molecular weight excluding hydrogens is 389 g/mol. The van der Waals surface area contributed by atoms with Crippen LogP contribution < -0.4 is 4.90 Å². The van der Waals surface area contributed by atoms with Gasteiger partial charge in [0, 0.05) is 17.9 Å².